The van der Waals surface area contributed by atoms with E-state index in [-0.39, 0.29) is 6.04 Å². The van der Waals surface area contributed by atoms with Crippen LogP contribution in [0.15, 0.2) is 30.6 Å². The molecule has 0 saturated heterocycles. The van der Waals surface area contributed by atoms with Crippen LogP contribution in [0.2, 0.25) is 0 Å². The number of pyridine rings is 2. The number of amides is 1. The van der Waals surface area contributed by atoms with E-state index in [1.165, 1.54) is 5.56 Å². The van der Waals surface area contributed by atoms with Crippen molar-refractivity contribution < 1.29 is 9.53 Å². The van der Waals surface area contributed by atoms with Gasteiger partial charge in [0.1, 0.15) is 5.69 Å². The summed E-state index contributed by atoms with van der Waals surface area (Å²) in [6, 6.07) is 5.89. The maximum atomic E-state index is 12.2. The summed E-state index contributed by atoms with van der Waals surface area (Å²) in [7, 11) is 0. The third-order valence-corrected chi connectivity index (χ3v) is 5.28. The third kappa shape index (κ3) is 2.10. The van der Waals surface area contributed by atoms with E-state index >= 15 is 0 Å². The average molecular weight is 334 g/mol. The largest absolute Gasteiger partial charge is 0.372 e. The van der Waals surface area contributed by atoms with Gasteiger partial charge in [-0.3, -0.25) is 14.8 Å². The molecule has 0 aromatic carbocycles. The van der Waals surface area contributed by atoms with Gasteiger partial charge in [0, 0.05) is 23.5 Å². The summed E-state index contributed by atoms with van der Waals surface area (Å²) in [4.78, 5) is 21.3. The fourth-order valence-electron chi connectivity index (χ4n) is 4.19. The van der Waals surface area contributed by atoms with Crippen LogP contribution in [-0.4, -0.2) is 20.4 Å². The Morgan fingerprint density at radius 2 is 2.20 bits per heavy atom. The highest BCUT2D eigenvalue weighted by atomic mass is 16.5. The molecule has 4 heterocycles. The molecule has 6 nitrogen and oxygen atoms in total. The van der Waals surface area contributed by atoms with Gasteiger partial charge in [-0.25, -0.2) is 0 Å². The quantitative estimate of drug-likeness (QED) is 0.780. The molecule has 0 radical (unpaired) electrons. The van der Waals surface area contributed by atoms with Gasteiger partial charge in [-0.1, -0.05) is 6.07 Å². The minimum Gasteiger partial charge on any atom is -0.372 e. The molecule has 1 unspecified atom stereocenters. The van der Waals surface area contributed by atoms with Gasteiger partial charge < -0.3 is 15.0 Å². The smallest absolute Gasteiger partial charge is 0.265 e. The number of hydrogen-bond acceptors (Lipinski definition) is 4. The monoisotopic (exact) mass is 334 g/mol. The third-order valence-electron chi connectivity index (χ3n) is 5.28. The van der Waals surface area contributed by atoms with Crippen LogP contribution in [-0.2, 0) is 24.4 Å². The molecule has 3 aromatic heterocycles. The molecule has 6 heteroatoms. The second-order valence-corrected chi connectivity index (χ2v) is 6.71. The Hall–Kier alpha value is -2.73. The van der Waals surface area contributed by atoms with Crippen molar-refractivity contribution in [1.29, 1.82) is 0 Å². The zero-order valence-corrected chi connectivity index (χ0v) is 13.7. The number of aromatic nitrogens is 3. The predicted molar refractivity (Wildman–Crippen MR) is 92.1 cm³/mol. The summed E-state index contributed by atoms with van der Waals surface area (Å²) in [5, 5.41) is 0. The topological polar surface area (TPSA) is 83.0 Å². The number of ether oxygens (including phenoxy) is 1. The van der Waals surface area contributed by atoms with Gasteiger partial charge in [-0.2, -0.15) is 0 Å². The molecule has 2 aliphatic rings. The number of nitrogens with two attached hydrogens (primary N) is 1. The first-order valence-corrected chi connectivity index (χ1v) is 8.57. The van der Waals surface area contributed by atoms with Crippen molar-refractivity contribution >= 4 is 16.9 Å². The van der Waals surface area contributed by atoms with Crippen molar-refractivity contribution in [2.24, 2.45) is 5.73 Å². The first kappa shape index (κ1) is 14.6. The van der Waals surface area contributed by atoms with Gasteiger partial charge in [0.05, 0.1) is 36.0 Å². The van der Waals surface area contributed by atoms with Crippen LogP contribution in [0, 0.1) is 0 Å². The van der Waals surface area contributed by atoms with E-state index in [1.807, 2.05) is 18.5 Å². The molecule has 1 aliphatic carbocycles. The molecule has 0 saturated carbocycles. The molecule has 0 bridgehead atoms. The lowest BCUT2D eigenvalue weighted by Crippen LogP contribution is -2.24. The van der Waals surface area contributed by atoms with E-state index in [0.29, 0.717) is 18.9 Å². The maximum absolute atomic E-state index is 12.2. The molecule has 5 rings (SSSR count). The van der Waals surface area contributed by atoms with Gasteiger partial charge >= 0.3 is 0 Å². The van der Waals surface area contributed by atoms with E-state index in [1.54, 1.807) is 6.07 Å². The Kier molecular flexibility index (Phi) is 3.15. The summed E-state index contributed by atoms with van der Waals surface area (Å²) in [6.45, 7) is 1.10. The van der Waals surface area contributed by atoms with Crippen molar-refractivity contribution in [2.45, 2.75) is 38.5 Å². The summed E-state index contributed by atoms with van der Waals surface area (Å²) >= 11 is 0. The Morgan fingerprint density at radius 3 is 3.08 bits per heavy atom. The molecular formula is C19H18N4O2. The van der Waals surface area contributed by atoms with Crippen molar-refractivity contribution in [3.8, 4) is 0 Å². The maximum Gasteiger partial charge on any atom is 0.265 e. The number of carbonyl (C=O) groups excluding carboxylic acids is 1. The van der Waals surface area contributed by atoms with E-state index in [4.69, 9.17) is 10.5 Å². The Morgan fingerprint density at radius 1 is 1.28 bits per heavy atom. The Balaban J connectivity index is 1.83. The average Bonchev–Trinajstić information content (AvgIpc) is 3.25. The van der Waals surface area contributed by atoms with Crippen molar-refractivity contribution in [1.82, 2.24) is 14.5 Å². The second-order valence-electron chi connectivity index (χ2n) is 6.71. The van der Waals surface area contributed by atoms with Crippen LogP contribution in [0.1, 0.15) is 51.8 Å². The number of fused-ring (bicyclic) bond motifs is 4. The summed E-state index contributed by atoms with van der Waals surface area (Å²) in [5.74, 6) is -0.436. The normalized spacial score (nSPS) is 19.0. The number of rotatable bonds is 2. The molecule has 2 N–H and O–H groups in total. The molecule has 1 atom stereocenters. The summed E-state index contributed by atoms with van der Waals surface area (Å²) < 4.78 is 7.68. The fraction of sp³-hybridized carbons (Fsp3) is 0.316. The van der Waals surface area contributed by atoms with E-state index in [0.717, 1.165) is 47.1 Å². The minimum absolute atomic E-state index is 0.00106. The lowest BCUT2D eigenvalue weighted by molar-refractivity contribution is 0.0990. The van der Waals surface area contributed by atoms with Gasteiger partial charge in [0.25, 0.3) is 5.91 Å². The van der Waals surface area contributed by atoms with Crippen LogP contribution >= 0.6 is 0 Å². The lowest BCUT2D eigenvalue weighted by Gasteiger charge is -2.28. The first-order chi connectivity index (χ1) is 12.2. The second kappa shape index (κ2) is 5.39. The van der Waals surface area contributed by atoms with Crippen molar-refractivity contribution in [3.63, 3.8) is 0 Å². The highest BCUT2D eigenvalue weighted by Gasteiger charge is 2.30. The minimum atomic E-state index is -0.436. The highest BCUT2D eigenvalue weighted by Crippen LogP contribution is 2.38. The Bertz CT molecular complexity index is 1010. The van der Waals surface area contributed by atoms with Crippen LogP contribution < -0.4 is 5.73 Å². The molecule has 126 valence electrons. The number of primary amides is 1. The number of carbonyl (C=O) groups is 1. The summed E-state index contributed by atoms with van der Waals surface area (Å²) in [6.07, 6.45) is 6.66. The zero-order valence-electron chi connectivity index (χ0n) is 13.7. The van der Waals surface area contributed by atoms with E-state index in [9.17, 15) is 4.79 Å². The molecule has 1 amide bonds. The van der Waals surface area contributed by atoms with Gasteiger partial charge in [0.15, 0.2) is 0 Å². The molecule has 25 heavy (non-hydrogen) atoms. The van der Waals surface area contributed by atoms with Crippen molar-refractivity contribution in [2.75, 3.05) is 0 Å². The number of nitrogens with zero attached hydrogens (tertiary/aromatic N) is 3. The fourth-order valence-corrected chi connectivity index (χ4v) is 4.19. The predicted octanol–water partition coefficient (Wildman–Crippen LogP) is 2.49. The number of aryl methyl sites for hydroxylation is 1. The molecular weight excluding hydrogens is 316 g/mol. The SMILES string of the molecule is NC(=O)c1cc2ncc3c(c2n1C1CCCc2cccnc21)COC3. The standard InChI is InChI=1S/C19H18N4O2/c20-19(24)16-7-14-18(13-10-25-9-12(13)8-22-14)23(16)15-5-1-3-11-4-2-6-21-17(11)15/h2,4,6-8,15H,1,3,5,9-10H2,(H2,20,24). The molecule has 3 aromatic rings. The first-order valence-electron chi connectivity index (χ1n) is 8.57. The van der Waals surface area contributed by atoms with E-state index in [2.05, 4.69) is 20.6 Å². The number of hydrogen-bond donors (Lipinski definition) is 1. The lowest BCUT2D eigenvalue weighted by atomic mass is 9.91. The van der Waals surface area contributed by atoms with Crippen LogP contribution in [0.3, 0.4) is 0 Å². The van der Waals surface area contributed by atoms with E-state index < -0.39 is 5.91 Å². The van der Waals surface area contributed by atoms with Crippen LogP contribution in [0.5, 0.6) is 0 Å². The van der Waals surface area contributed by atoms with Gasteiger partial charge in [0.2, 0.25) is 0 Å². The highest BCUT2D eigenvalue weighted by molar-refractivity contribution is 5.98. The van der Waals surface area contributed by atoms with Crippen molar-refractivity contribution in [3.05, 3.63) is 58.7 Å². The zero-order chi connectivity index (χ0) is 17.0. The van der Waals surface area contributed by atoms with Gasteiger partial charge in [-0.05, 0) is 37.0 Å². The molecule has 0 fully saturated rings. The summed E-state index contributed by atoms with van der Waals surface area (Å²) in [5.41, 5.74) is 12.4. The van der Waals surface area contributed by atoms with Crippen LogP contribution in [0.4, 0.5) is 0 Å². The van der Waals surface area contributed by atoms with Gasteiger partial charge in [-0.15, -0.1) is 0 Å². The molecule has 0 spiro atoms. The molecule has 1 aliphatic heterocycles. The Labute approximate surface area is 144 Å². The van der Waals surface area contributed by atoms with Crippen LogP contribution in [0.25, 0.3) is 11.0 Å².